The third kappa shape index (κ3) is 2.57. The Morgan fingerprint density at radius 3 is 3.12 bits per heavy atom. The highest BCUT2D eigenvalue weighted by atomic mass is 79.9. The highest BCUT2D eigenvalue weighted by molar-refractivity contribution is 9.10. The van der Waals surface area contributed by atoms with Gasteiger partial charge in [0.1, 0.15) is 5.82 Å². The number of aryl methyl sites for hydroxylation is 1. The smallest absolute Gasteiger partial charge is 0.131 e. The van der Waals surface area contributed by atoms with E-state index < -0.39 is 0 Å². The fraction of sp³-hybridized carbons (Fsp3) is 0.545. The first-order valence-electron chi connectivity index (χ1n) is 5.25. The van der Waals surface area contributed by atoms with E-state index in [0.717, 1.165) is 35.4 Å². The van der Waals surface area contributed by atoms with Crippen LogP contribution in [0.15, 0.2) is 16.7 Å². The van der Waals surface area contributed by atoms with Crippen molar-refractivity contribution in [3.05, 3.63) is 22.3 Å². The number of ether oxygens (including phenoxy) is 1. The lowest BCUT2D eigenvalue weighted by Gasteiger charge is -2.36. The molecular formula is C11H14Br2N2O. The number of anilines is 1. The van der Waals surface area contributed by atoms with E-state index in [2.05, 4.69) is 54.7 Å². The minimum absolute atomic E-state index is 0.376. The fourth-order valence-electron chi connectivity index (χ4n) is 1.90. The van der Waals surface area contributed by atoms with Gasteiger partial charge in [-0.2, -0.15) is 0 Å². The third-order valence-electron chi connectivity index (χ3n) is 2.69. The molecule has 0 radical (unpaired) electrons. The van der Waals surface area contributed by atoms with Crippen LogP contribution in [0.2, 0.25) is 0 Å². The van der Waals surface area contributed by atoms with Crippen LogP contribution in [0.25, 0.3) is 0 Å². The Labute approximate surface area is 112 Å². The van der Waals surface area contributed by atoms with E-state index in [1.165, 1.54) is 5.56 Å². The molecule has 0 aliphatic carbocycles. The van der Waals surface area contributed by atoms with Crippen LogP contribution in [-0.2, 0) is 4.74 Å². The zero-order valence-electron chi connectivity index (χ0n) is 9.12. The van der Waals surface area contributed by atoms with Gasteiger partial charge in [0, 0.05) is 22.5 Å². The van der Waals surface area contributed by atoms with Gasteiger partial charge in [-0.1, -0.05) is 15.9 Å². The minimum Gasteiger partial charge on any atom is -0.377 e. The van der Waals surface area contributed by atoms with Gasteiger partial charge in [-0.3, -0.25) is 0 Å². The van der Waals surface area contributed by atoms with Crippen LogP contribution in [0.4, 0.5) is 5.82 Å². The maximum Gasteiger partial charge on any atom is 0.131 e. The van der Waals surface area contributed by atoms with E-state index in [4.69, 9.17) is 4.74 Å². The average Bonchev–Trinajstić information content (AvgIpc) is 2.29. The second-order valence-electron chi connectivity index (χ2n) is 3.87. The number of pyridine rings is 1. The van der Waals surface area contributed by atoms with Crippen molar-refractivity contribution >= 4 is 37.7 Å². The van der Waals surface area contributed by atoms with Gasteiger partial charge in [0.2, 0.25) is 0 Å². The van der Waals surface area contributed by atoms with Gasteiger partial charge in [0.05, 0.1) is 19.3 Å². The lowest BCUT2D eigenvalue weighted by atomic mass is 10.2. The van der Waals surface area contributed by atoms with E-state index in [9.17, 15) is 0 Å². The number of nitrogens with zero attached hydrogens (tertiary/aromatic N) is 2. The summed E-state index contributed by atoms with van der Waals surface area (Å²) in [7, 11) is 0. The quantitative estimate of drug-likeness (QED) is 0.767. The fourth-order valence-corrected chi connectivity index (χ4v) is 2.88. The Bertz CT molecular complexity index is 373. The van der Waals surface area contributed by atoms with Crippen molar-refractivity contribution in [2.75, 3.05) is 30.0 Å². The van der Waals surface area contributed by atoms with E-state index in [1.54, 1.807) is 0 Å². The molecule has 0 N–H and O–H groups in total. The molecule has 1 unspecified atom stereocenters. The van der Waals surface area contributed by atoms with Gasteiger partial charge in [0.25, 0.3) is 0 Å². The first kappa shape index (κ1) is 12.3. The number of rotatable bonds is 2. The van der Waals surface area contributed by atoms with E-state index in [1.807, 2.05) is 6.20 Å². The molecule has 1 fully saturated rings. The van der Waals surface area contributed by atoms with E-state index in [-0.39, 0.29) is 0 Å². The van der Waals surface area contributed by atoms with Gasteiger partial charge in [-0.05, 0) is 34.5 Å². The second-order valence-corrected chi connectivity index (χ2v) is 5.43. The molecule has 0 aromatic carbocycles. The third-order valence-corrected chi connectivity index (χ3v) is 3.88. The molecule has 16 heavy (non-hydrogen) atoms. The first-order chi connectivity index (χ1) is 7.72. The van der Waals surface area contributed by atoms with Gasteiger partial charge in [-0.15, -0.1) is 0 Å². The lowest BCUT2D eigenvalue weighted by Crippen LogP contribution is -2.47. The van der Waals surface area contributed by atoms with Crippen LogP contribution in [0.5, 0.6) is 0 Å². The molecule has 0 amide bonds. The monoisotopic (exact) mass is 348 g/mol. The second kappa shape index (κ2) is 5.47. The van der Waals surface area contributed by atoms with Crippen LogP contribution in [0.1, 0.15) is 5.56 Å². The maximum atomic E-state index is 5.48. The Balaban J connectivity index is 2.27. The largest absolute Gasteiger partial charge is 0.377 e. The van der Waals surface area contributed by atoms with Gasteiger partial charge < -0.3 is 9.64 Å². The summed E-state index contributed by atoms with van der Waals surface area (Å²) in [6, 6.07) is 2.48. The first-order valence-corrected chi connectivity index (χ1v) is 7.16. The zero-order valence-corrected chi connectivity index (χ0v) is 12.3. The molecule has 5 heteroatoms. The summed E-state index contributed by atoms with van der Waals surface area (Å²) in [4.78, 5) is 6.82. The molecule has 88 valence electrons. The lowest BCUT2D eigenvalue weighted by molar-refractivity contribution is 0.0999. The number of aromatic nitrogens is 1. The Kier molecular flexibility index (Phi) is 4.21. The summed E-state index contributed by atoms with van der Waals surface area (Å²) >= 11 is 6.97. The van der Waals surface area contributed by atoms with Crippen molar-refractivity contribution in [2.45, 2.75) is 13.0 Å². The van der Waals surface area contributed by atoms with E-state index >= 15 is 0 Å². The number of hydrogen-bond acceptors (Lipinski definition) is 3. The van der Waals surface area contributed by atoms with Crippen LogP contribution in [-0.4, -0.2) is 36.1 Å². The molecule has 1 aromatic heterocycles. The highest BCUT2D eigenvalue weighted by Gasteiger charge is 2.24. The highest BCUT2D eigenvalue weighted by Crippen LogP contribution is 2.24. The minimum atomic E-state index is 0.376. The molecule has 3 nitrogen and oxygen atoms in total. The van der Waals surface area contributed by atoms with Crippen molar-refractivity contribution in [1.29, 1.82) is 0 Å². The maximum absolute atomic E-state index is 5.48. The van der Waals surface area contributed by atoms with Gasteiger partial charge in [-0.25, -0.2) is 4.98 Å². The van der Waals surface area contributed by atoms with Crippen LogP contribution >= 0.6 is 31.9 Å². The van der Waals surface area contributed by atoms with Crippen molar-refractivity contribution in [1.82, 2.24) is 4.98 Å². The normalized spacial score (nSPS) is 21.2. The summed E-state index contributed by atoms with van der Waals surface area (Å²) in [5.74, 6) is 1.07. The van der Waals surface area contributed by atoms with Gasteiger partial charge in [0.15, 0.2) is 0 Å². The molecule has 0 bridgehead atoms. The zero-order chi connectivity index (χ0) is 11.5. The average molecular weight is 350 g/mol. The molecule has 0 spiro atoms. The molecule has 0 saturated carbocycles. The van der Waals surface area contributed by atoms with Crippen molar-refractivity contribution in [3.63, 3.8) is 0 Å². The molecule has 2 heterocycles. The molecule has 1 atom stereocenters. The van der Waals surface area contributed by atoms with Crippen LogP contribution < -0.4 is 4.90 Å². The summed E-state index contributed by atoms with van der Waals surface area (Å²) in [5, 5.41) is 0.907. The molecule has 1 aromatic rings. The Hall–Kier alpha value is -0.130. The number of halogens is 2. The Morgan fingerprint density at radius 1 is 1.62 bits per heavy atom. The van der Waals surface area contributed by atoms with Crippen LogP contribution in [0, 0.1) is 6.92 Å². The standard InChI is InChI=1S/C11H14Br2N2O/c1-8-4-9(13)6-14-11(8)15-2-3-16-7-10(15)5-12/h4,6,10H,2-3,5,7H2,1H3. The van der Waals surface area contributed by atoms with E-state index in [0.29, 0.717) is 6.04 Å². The topological polar surface area (TPSA) is 25.4 Å². The number of hydrogen-bond donors (Lipinski definition) is 0. The summed E-state index contributed by atoms with van der Waals surface area (Å²) in [6.07, 6.45) is 1.85. The van der Waals surface area contributed by atoms with Gasteiger partial charge >= 0.3 is 0 Å². The number of morpholine rings is 1. The summed E-state index contributed by atoms with van der Waals surface area (Å²) < 4.78 is 6.50. The number of alkyl halides is 1. The summed E-state index contributed by atoms with van der Waals surface area (Å²) in [5.41, 5.74) is 1.20. The van der Waals surface area contributed by atoms with Crippen LogP contribution in [0.3, 0.4) is 0 Å². The molecule has 2 rings (SSSR count). The molecule has 1 saturated heterocycles. The molecule has 1 aliphatic heterocycles. The summed E-state index contributed by atoms with van der Waals surface area (Å²) in [6.45, 7) is 4.54. The predicted octanol–water partition coefficient (Wildman–Crippen LogP) is 2.75. The molecular weight excluding hydrogens is 336 g/mol. The SMILES string of the molecule is Cc1cc(Br)cnc1N1CCOCC1CBr. The Morgan fingerprint density at radius 2 is 2.44 bits per heavy atom. The van der Waals surface area contributed by atoms with Crippen molar-refractivity contribution in [3.8, 4) is 0 Å². The van der Waals surface area contributed by atoms with Crippen molar-refractivity contribution < 1.29 is 4.74 Å². The molecule has 1 aliphatic rings. The van der Waals surface area contributed by atoms with Crippen molar-refractivity contribution in [2.24, 2.45) is 0 Å². The predicted molar refractivity (Wildman–Crippen MR) is 72.4 cm³/mol.